The van der Waals surface area contributed by atoms with Crippen molar-refractivity contribution in [1.82, 2.24) is 0 Å². The number of esters is 3. The van der Waals surface area contributed by atoms with E-state index in [2.05, 4.69) is 15.0 Å². The maximum atomic E-state index is 12.2. The minimum atomic E-state index is -1.13. The Morgan fingerprint density at radius 2 is 1.68 bits per heavy atom. The standard InChI is InChI=1S/C20H18N2O12/c1-13(23)33-18-5-3-2-4-17(18)20(25)31-12-30-19(24)14-6-8-15(9-7-14)29-10-16(34-21-26)11-32-22(27)28/h2-9,16H,10-12H2,1H3. The van der Waals surface area contributed by atoms with Crippen LogP contribution >= 0.6 is 0 Å². The number of nitrogens with zero attached hydrogens (tertiary/aromatic N) is 2. The maximum Gasteiger partial charge on any atom is 0.344 e. The number of carbonyl (C=O) groups excluding carboxylic acids is 3. The fourth-order valence-corrected chi connectivity index (χ4v) is 2.37. The Balaban J connectivity index is 1.84. The molecule has 14 heteroatoms. The van der Waals surface area contributed by atoms with Crippen LogP contribution in [-0.4, -0.2) is 49.1 Å². The van der Waals surface area contributed by atoms with Gasteiger partial charge in [-0.1, -0.05) is 12.1 Å². The molecule has 0 aromatic heterocycles. The lowest BCUT2D eigenvalue weighted by Crippen LogP contribution is -2.26. The molecule has 0 bridgehead atoms. The number of carbonyl (C=O) groups is 3. The molecule has 2 rings (SSSR count). The van der Waals surface area contributed by atoms with Gasteiger partial charge in [-0.3, -0.25) is 4.79 Å². The predicted molar refractivity (Wildman–Crippen MR) is 109 cm³/mol. The van der Waals surface area contributed by atoms with Gasteiger partial charge in [0.25, 0.3) is 5.09 Å². The highest BCUT2D eigenvalue weighted by Gasteiger charge is 2.17. The summed E-state index contributed by atoms with van der Waals surface area (Å²) >= 11 is 0. The van der Waals surface area contributed by atoms with Crippen molar-refractivity contribution in [3.63, 3.8) is 0 Å². The molecule has 1 unspecified atom stereocenters. The topological polar surface area (TPSA) is 179 Å². The zero-order valence-corrected chi connectivity index (χ0v) is 17.6. The van der Waals surface area contributed by atoms with Crippen molar-refractivity contribution in [2.45, 2.75) is 13.0 Å². The van der Waals surface area contributed by atoms with Crippen LogP contribution in [0.3, 0.4) is 0 Å². The lowest BCUT2D eigenvalue weighted by atomic mass is 10.2. The normalized spacial score (nSPS) is 10.9. The molecular formula is C20H18N2O12. The molecule has 0 heterocycles. The summed E-state index contributed by atoms with van der Waals surface area (Å²) in [5.74, 6) is -2.05. The second kappa shape index (κ2) is 12.9. The molecular weight excluding hydrogens is 460 g/mol. The second-order valence-corrected chi connectivity index (χ2v) is 6.23. The molecule has 0 saturated heterocycles. The highest BCUT2D eigenvalue weighted by atomic mass is 17.0. The first kappa shape index (κ1) is 25.5. The van der Waals surface area contributed by atoms with E-state index in [1.807, 2.05) is 0 Å². The van der Waals surface area contributed by atoms with Crippen LogP contribution in [0.1, 0.15) is 27.6 Å². The summed E-state index contributed by atoms with van der Waals surface area (Å²) < 4.78 is 20.0. The molecule has 0 saturated carbocycles. The van der Waals surface area contributed by atoms with Crippen molar-refractivity contribution >= 4 is 17.9 Å². The number of ether oxygens (including phenoxy) is 4. The van der Waals surface area contributed by atoms with E-state index in [4.69, 9.17) is 18.9 Å². The zero-order chi connectivity index (χ0) is 24.9. The van der Waals surface area contributed by atoms with E-state index in [9.17, 15) is 29.4 Å². The Morgan fingerprint density at radius 1 is 1.00 bits per heavy atom. The lowest BCUT2D eigenvalue weighted by molar-refractivity contribution is -0.759. The van der Waals surface area contributed by atoms with Gasteiger partial charge in [0.15, 0.2) is 11.4 Å². The van der Waals surface area contributed by atoms with Crippen LogP contribution in [0.25, 0.3) is 0 Å². The van der Waals surface area contributed by atoms with Crippen LogP contribution in [0, 0.1) is 15.0 Å². The molecule has 2 aromatic carbocycles. The summed E-state index contributed by atoms with van der Waals surface area (Å²) in [6.45, 7) is -0.390. The third kappa shape index (κ3) is 8.41. The lowest BCUT2D eigenvalue weighted by Gasteiger charge is -2.13. The van der Waals surface area contributed by atoms with Gasteiger partial charge in [-0.15, -0.1) is 15.0 Å². The van der Waals surface area contributed by atoms with E-state index in [1.54, 1.807) is 12.1 Å². The highest BCUT2D eigenvalue weighted by molar-refractivity contribution is 5.93. The smallest absolute Gasteiger partial charge is 0.344 e. The average Bonchev–Trinajstić information content (AvgIpc) is 2.81. The van der Waals surface area contributed by atoms with E-state index in [1.165, 1.54) is 43.3 Å². The molecule has 34 heavy (non-hydrogen) atoms. The molecule has 0 fully saturated rings. The van der Waals surface area contributed by atoms with Crippen LogP contribution < -0.4 is 9.47 Å². The van der Waals surface area contributed by atoms with Crippen molar-refractivity contribution in [1.29, 1.82) is 0 Å². The van der Waals surface area contributed by atoms with Crippen LogP contribution in [0.4, 0.5) is 0 Å². The zero-order valence-electron chi connectivity index (χ0n) is 17.6. The van der Waals surface area contributed by atoms with Gasteiger partial charge < -0.3 is 28.6 Å². The maximum absolute atomic E-state index is 12.2. The Morgan fingerprint density at radius 3 is 2.32 bits per heavy atom. The van der Waals surface area contributed by atoms with E-state index >= 15 is 0 Å². The Hall–Kier alpha value is -4.75. The van der Waals surface area contributed by atoms with Crippen molar-refractivity contribution < 1.29 is 48.1 Å². The molecule has 0 aliphatic rings. The van der Waals surface area contributed by atoms with Crippen molar-refractivity contribution in [3.8, 4) is 11.5 Å². The fraction of sp³-hybridized carbons (Fsp3) is 0.250. The van der Waals surface area contributed by atoms with E-state index in [0.717, 1.165) is 0 Å². The van der Waals surface area contributed by atoms with Crippen LogP contribution in [-0.2, 0) is 23.9 Å². The molecule has 0 aliphatic heterocycles. The number of hydrogen-bond donors (Lipinski definition) is 0. The third-order valence-electron chi connectivity index (χ3n) is 3.82. The number of para-hydroxylation sites is 1. The van der Waals surface area contributed by atoms with Crippen molar-refractivity contribution in [2.75, 3.05) is 20.0 Å². The molecule has 2 aromatic rings. The SMILES string of the molecule is CC(=O)Oc1ccccc1C(=O)OCOC(=O)c1ccc(OCC(CO[N+](=O)[O-])ON=O)cc1. The van der Waals surface area contributed by atoms with Crippen molar-refractivity contribution in [3.05, 3.63) is 74.7 Å². The van der Waals surface area contributed by atoms with E-state index in [0.29, 0.717) is 0 Å². The Bertz CT molecular complexity index is 1020. The molecule has 0 radical (unpaired) electrons. The van der Waals surface area contributed by atoms with Gasteiger partial charge in [-0.05, 0) is 36.4 Å². The molecule has 0 spiro atoms. The number of hydrogen-bond acceptors (Lipinski definition) is 13. The van der Waals surface area contributed by atoms with Crippen LogP contribution in [0.5, 0.6) is 11.5 Å². The average molecular weight is 478 g/mol. The summed E-state index contributed by atoms with van der Waals surface area (Å²) in [6.07, 6.45) is -1.13. The van der Waals surface area contributed by atoms with Crippen molar-refractivity contribution in [2.24, 2.45) is 5.34 Å². The third-order valence-corrected chi connectivity index (χ3v) is 3.82. The van der Waals surface area contributed by atoms with Gasteiger partial charge in [0.1, 0.15) is 30.3 Å². The fourth-order valence-electron chi connectivity index (χ4n) is 2.37. The highest BCUT2D eigenvalue weighted by Crippen LogP contribution is 2.19. The van der Waals surface area contributed by atoms with Crippen LogP contribution in [0.2, 0.25) is 0 Å². The van der Waals surface area contributed by atoms with Gasteiger partial charge >= 0.3 is 17.9 Å². The molecule has 0 aliphatic carbocycles. The minimum absolute atomic E-state index is 0.00317. The summed E-state index contributed by atoms with van der Waals surface area (Å²) in [5, 5.41) is 11.3. The molecule has 1 atom stereocenters. The molecule has 0 N–H and O–H groups in total. The Kier molecular flexibility index (Phi) is 9.72. The van der Waals surface area contributed by atoms with Gasteiger partial charge in [-0.25, -0.2) is 9.59 Å². The van der Waals surface area contributed by atoms with Gasteiger partial charge in [0, 0.05) is 6.92 Å². The number of benzene rings is 2. The minimum Gasteiger partial charge on any atom is -0.490 e. The summed E-state index contributed by atoms with van der Waals surface area (Å²) in [7, 11) is 0. The first-order valence-corrected chi connectivity index (χ1v) is 9.40. The first-order chi connectivity index (χ1) is 16.3. The molecule has 14 nitrogen and oxygen atoms in total. The predicted octanol–water partition coefficient (Wildman–Crippen LogP) is 2.24. The second-order valence-electron chi connectivity index (χ2n) is 6.23. The monoisotopic (exact) mass is 478 g/mol. The van der Waals surface area contributed by atoms with Gasteiger partial charge in [0.05, 0.1) is 5.56 Å². The van der Waals surface area contributed by atoms with Gasteiger partial charge in [-0.2, -0.15) is 0 Å². The summed E-state index contributed by atoms with van der Waals surface area (Å²) in [4.78, 5) is 64.3. The van der Waals surface area contributed by atoms with E-state index < -0.39 is 42.5 Å². The number of rotatable bonds is 13. The summed E-state index contributed by atoms with van der Waals surface area (Å²) in [5.41, 5.74) is 0.0775. The van der Waals surface area contributed by atoms with Gasteiger partial charge in [0.2, 0.25) is 6.79 Å². The largest absolute Gasteiger partial charge is 0.490 e. The van der Waals surface area contributed by atoms with Crippen LogP contribution in [0.15, 0.2) is 53.9 Å². The first-order valence-electron chi connectivity index (χ1n) is 9.40. The summed E-state index contributed by atoms with van der Waals surface area (Å²) in [6, 6.07) is 11.4. The Labute approximate surface area is 191 Å². The molecule has 180 valence electrons. The van der Waals surface area contributed by atoms with E-state index in [-0.39, 0.29) is 29.2 Å². The molecule has 0 amide bonds. The quantitative estimate of drug-likeness (QED) is 0.102.